The van der Waals surface area contributed by atoms with Crippen molar-refractivity contribution in [3.05, 3.63) is 23.3 Å². The number of pyridine rings is 1. The Morgan fingerprint density at radius 3 is 2.60 bits per heavy atom. The summed E-state index contributed by atoms with van der Waals surface area (Å²) in [5, 5.41) is -1.34. The average molecular weight is 240 g/mol. The summed E-state index contributed by atoms with van der Waals surface area (Å²) in [5.41, 5.74) is -1.95. The Bertz CT molecular complexity index is 398. The number of hydrogen-bond donors (Lipinski definition) is 0. The van der Waals surface area contributed by atoms with Crippen LogP contribution in [-0.2, 0) is 0 Å². The molecule has 0 spiro atoms. The van der Waals surface area contributed by atoms with E-state index in [1.807, 2.05) is 0 Å². The molecule has 0 radical (unpaired) electrons. The molecular formula is C8H5ClF3NO2. The number of carbonyl (C=O) groups is 1. The van der Waals surface area contributed by atoms with Crippen LogP contribution in [0.25, 0.3) is 0 Å². The van der Waals surface area contributed by atoms with E-state index in [0.717, 1.165) is 13.3 Å². The number of halogens is 4. The first kappa shape index (κ1) is 11.8. The van der Waals surface area contributed by atoms with Crippen molar-refractivity contribution in [1.82, 2.24) is 4.98 Å². The fraction of sp³-hybridized carbons (Fsp3) is 0.250. The van der Waals surface area contributed by atoms with Crippen LogP contribution in [0.3, 0.4) is 0 Å². The third kappa shape index (κ3) is 2.20. The molecule has 0 fully saturated rings. The maximum Gasteiger partial charge on any atom is 0.281 e. The van der Waals surface area contributed by atoms with Gasteiger partial charge in [0.1, 0.15) is 11.3 Å². The summed E-state index contributed by atoms with van der Waals surface area (Å²) in [6.45, 7) is 0. The fourth-order valence-electron chi connectivity index (χ4n) is 0.980. The lowest BCUT2D eigenvalue weighted by Gasteiger charge is -2.08. The van der Waals surface area contributed by atoms with Crippen molar-refractivity contribution >= 4 is 16.8 Å². The second-order valence-electron chi connectivity index (χ2n) is 2.48. The van der Waals surface area contributed by atoms with Gasteiger partial charge in [0, 0.05) is 0 Å². The first-order valence-electron chi connectivity index (χ1n) is 3.69. The second kappa shape index (κ2) is 4.48. The minimum atomic E-state index is -3.08. The molecule has 82 valence electrons. The highest BCUT2D eigenvalue weighted by Gasteiger charge is 2.25. The number of aromatic nitrogens is 1. The van der Waals surface area contributed by atoms with Crippen LogP contribution in [0, 0.1) is 5.82 Å². The van der Waals surface area contributed by atoms with E-state index in [2.05, 4.69) is 9.72 Å². The van der Waals surface area contributed by atoms with Gasteiger partial charge in [0.05, 0.1) is 13.3 Å². The second-order valence-corrected chi connectivity index (χ2v) is 2.82. The predicted molar refractivity (Wildman–Crippen MR) is 45.9 cm³/mol. The van der Waals surface area contributed by atoms with Crippen molar-refractivity contribution in [1.29, 1.82) is 0 Å². The highest BCUT2D eigenvalue weighted by atomic mass is 35.5. The number of ether oxygens (including phenoxy) is 1. The highest BCUT2D eigenvalue weighted by molar-refractivity contribution is 6.68. The van der Waals surface area contributed by atoms with Crippen LogP contribution < -0.4 is 4.74 Å². The van der Waals surface area contributed by atoms with Gasteiger partial charge in [-0.05, 0) is 11.6 Å². The molecule has 0 unspecified atom stereocenters. The number of hydrogen-bond acceptors (Lipinski definition) is 3. The van der Waals surface area contributed by atoms with Crippen LogP contribution in [0.5, 0.6) is 5.75 Å². The lowest BCUT2D eigenvalue weighted by atomic mass is 10.2. The van der Waals surface area contributed by atoms with Crippen LogP contribution in [0.4, 0.5) is 13.2 Å². The van der Waals surface area contributed by atoms with E-state index >= 15 is 0 Å². The maximum atomic E-state index is 13.3. The van der Waals surface area contributed by atoms with Gasteiger partial charge in [0.25, 0.3) is 11.7 Å². The monoisotopic (exact) mass is 239 g/mol. The molecule has 0 aliphatic heterocycles. The van der Waals surface area contributed by atoms with Crippen molar-refractivity contribution in [3.63, 3.8) is 0 Å². The lowest BCUT2D eigenvalue weighted by molar-refractivity contribution is 0.105. The van der Waals surface area contributed by atoms with Gasteiger partial charge in [-0.15, -0.1) is 0 Å². The van der Waals surface area contributed by atoms with E-state index in [1.54, 1.807) is 0 Å². The maximum absolute atomic E-state index is 13.3. The Balaban J connectivity index is 3.44. The van der Waals surface area contributed by atoms with Crippen molar-refractivity contribution in [2.45, 2.75) is 6.43 Å². The van der Waals surface area contributed by atoms with E-state index < -0.39 is 34.5 Å². The van der Waals surface area contributed by atoms with Gasteiger partial charge in [-0.2, -0.15) is 0 Å². The third-order valence-corrected chi connectivity index (χ3v) is 1.82. The quantitative estimate of drug-likeness (QED) is 0.761. The fourth-order valence-corrected chi connectivity index (χ4v) is 1.16. The predicted octanol–water partition coefficient (Wildman–Crippen LogP) is 2.55. The summed E-state index contributed by atoms with van der Waals surface area (Å²) in [6, 6.07) is 0. The summed E-state index contributed by atoms with van der Waals surface area (Å²) in [7, 11) is 1.12. The molecule has 1 aromatic heterocycles. The number of nitrogens with zero attached hydrogens (tertiary/aromatic N) is 1. The Labute approximate surface area is 87.8 Å². The Kier molecular flexibility index (Phi) is 3.52. The summed E-state index contributed by atoms with van der Waals surface area (Å²) < 4.78 is 42.5. The summed E-state index contributed by atoms with van der Waals surface area (Å²) in [4.78, 5) is 14.0. The summed E-state index contributed by atoms with van der Waals surface area (Å²) in [6.07, 6.45) is -2.32. The molecule has 1 rings (SSSR count). The smallest absolute Gasteiger partial charge is 0.281 e. The lowest BCUT2D eigenvalue weighted by Crippen LogP contribution is -2.07. The summed E-state index contributed by atoms with van der Waals surface area (Å²) in [5.74, 6) is -1.65. The molecule has 0 saturated heterocycles. The Morgan fingerprint density at radius 2 is 2.20 bits per heavy atom. The first-order chi connectivity index (χ1) is 6.99. The molecule has 0 atom stereocenters. The van der Waals surface area contributed by atoms with Gasteiger partial charge in [-0.25, -0.2) is 13.2 Å². The van der Waals surface area contributed by atoms with Crippen molar-refractivity contribution in [2.24, 2.45) is 0 Å². The first-order valence-corrected chi connectivity index (χ1v) is 4.07. The van der Waals surface area contributed by atoms with Gasteiger partial charge >= 0.3 is 0 Å². The zero-order chi connectivity index (χ0) is 11.6. The molecule has 0 N–H and O–H groups in total. The molecule has 1 aromatic rings. The number of alkyl halides is 2. The normalized spacial score (nSPS) is 10.5. The minimum Gasteiger partial charge on any atom is -0.492 e. The molecule has 3 nitrogen and oxygen atoms in total. The van der Waals surface area contributed by atoms with Crippen molar-refractivity contribution < 1.29 is 22.7 Å². The minimum absolute atomic E-state index is 0.414. The van der Waals surface area contributed by atoms with Gasteiger partial charge in [0.2, 0.25) is 0 Å². The number of rotatable bonds is 3. The van der Waals surface area contributed by atoms with E-state index in [9.17, 15) is 18.0 Å². The van der Waals surface area contributed by atoms with Crippen LogP contribution in [0.2, 0.25) is 0 Å². The molecule has 0 aromatic carbocycles. The Hall–Kier alpha value is -1.30. The molecule has 0 aliphatic carbocycles. The van der Waals surface area contributed by atoms with Gasteiger partial charge in [0.15, 0.2) is 11.6 Å². The van der Waals surface area contributed by atoms with Crippen LogP contribution in [-0.4, -0.2) is 17.3 Å². The zero-order valence-corrected chi connectivity index (χ0v) is 8.19. The molecular weight excluding hydrogens is 235 g/mol. The molecule has 0 aliphatic rings. The molecule has 7 heteroatoms. The molecule has 15 heavy (non-hydrogen) atoms. The van der Waals surface area contributed by atoms with Crippen LogP contribution in [0.15, 0.2) is 6.20 Å². The van der Waals surface area contributed by atoms with Crippen LogP contribution >= 0.6 is 11.6 Å². The molecule has 0 bridgehead atoms. The number of methoxy groups -OCH3 is 1. The number of carbonyl (C=O) groups excluding carboxylic acids is 1. The standard InChI is InChI=1S/C8H5ClF3NO2/c1-15-3-2-13-6(8(11)12)4(5(3)10)7(9)14/h2,8H,1H3. The van der Waals surface area contributed by atoms with Crippen molar-refractivity contribution in [2.75, 3.05) is 7.11 Å². The summed E-state index contributed by atoms with van der Waals surface area (Å²) >= 11 is 4.98. The highest BCUT2D eigenvalue weighted by Crippen LogP contribution is 2.28. The van der Waals surface area contributed by atoms with Crippen molar-refractivity contribution in [3.8, 4) is 5.75 Å². The van der Waals surface area contributed by atoms with Gasteiger partial charge in [-0.1, -0.05) is 0 Å². The molecule has 1 heterocycles. The van der Waals surface area contributed by atoms with E-state index in [-0.39, 0.29) is 0 Å². The molecule has 0 saturated carbocycles. The topological polar surface area (TPSA) is 39.2 Å². The van der Waals surface area contributed by atoms with E-state index in [0.29, 0.717) is 0 Å². The van der Waals surface area contributed by atoms with Gasteiger partial charge < -0.3 is 4.74 Å². The van der Waals surface area contributed by atoms with E-state index in [4.69, 9.17) is 11.6 Å². The average Bonchev–Trinajstić information content (AvgIpc) is 2.16. The third-order valence-electron chi connectivity index (χ3n) is 1.64. The SMILES string of the molecule is COc1cnc(C(F)F)c(C(=O)Cl)c1F. The Morgan fingerprint density at radius 1 is 1.60 bits per heavy atom. The zero-order valence-electron chi connectivity index (χ0n) is 7.43. The molecule has 0 amide bonds. The largest absolute Gasteiger partial charge is 0.492 e. The van der Waals surface area contributed by atoms with E-state index in [1.165, 1.54) is 0 Å². The van der Waals surface area contributed by atoms with Crippen LogP contribution in [0.1, 0.15) is 22.5 Å². The van der Waals surface area contributed by atoms with Gasteiger partial charge in [-0.3, -0.25) is 9.78 Å².